The van der Waals surface area contributed by atoms with Crippen LogP contribution in [-0.4, -0.2) is 9.85 Å². The van der Waals surface area contributed by atoms with E-state index >= 15 is 0 Å². The Morgan fingerprint density at radius 3 is 1.18 bits per heavy atom. The van der Waals surface area contributed by atoms with E-state index < -0.39 is 9.85 Å². The molecule has 0 aliphatic rings. The lowest BCUT2D eigenvalue weighted by Gasteiger charge is -2.00. The van der Waals surface area contributed by atoms with Gasteiger partial charge in [-0.15, -0.1) is 0 Å². The van der Waals surface area contributed by atoms with Crippen LogP contribution in [0.1, 0.15) is 22.3 Å². The van der Waals surface area contributed by atoms with E-state index in [-0.39, 0.29) is 11.4 Å². The van der Waals surface area contributed by atoms with Gasteiger partial charge in [-0.25, -0.2) is 9.13 Å². The summed E-state index contributed by atoms with van der Waals surface area (Å²) >= 11 is 0. The lowest BCUT2D eigenvalue weighted by Crippen LogP contribution is -2.33. The summed E-state index contributed by atoms with van der Waals surface area (Å²) in [6.07, 6.45) is 12.0. The van der Waals surface area contributed by atoms with Gasteiger partial charge in [0.15, 0.2) is 37.9 Å². The molecule has 0 atom stereocenters. The summed E-state index contributed by atoms with van der Waals surface area (Å²) in [5, 5.41) is 21.5. The SMILES string of the molecule is O=[N+]([O-])c1ccc(C[n+]2ccc(C=Cc3cc[n+](Cc4ccc([N+](=O)[O-])cc4)cc3)cc2)cc1. The summed E-state index contributed by atoms with van der Waals surface area (Å²) in [6, 6.07) is 21.2. The molecule has 2 aromatic carbocycles. The van der Waals surface area contributed by atoms with Crippen molar-refractivity contribution in [1.29, 1.82) is 0 Å². The Labute approximate surface area is 196 Å². The second kappa shape index (κ2) is 10.3. The highest BCUT2D eigenvalue weighted by atomic mass is 16.6. The van der Waals surface area contributed by atoms with E-state index in [4.69, 9.17) is 0 Å². The summed E-state index contributed by atoms with van der Waals surface area (Å²) in [5.41, 5.74) is 4.28. The number of non-ortho nitro benzene ring substituents is 2. The standard InChI is InChI=1S/C26H22N4O4/c31-29(32)25-7-3-23(4-8-25)19-27-15-11-21(12-16-27)1-2-22-13-17-28(18-14-22)20-24-5-9-26(10-6-24)30(33)34/h1-18H,19-20H2/q+2. The first kappa shape index (κ1) is 22.5. The molecule has 0 bridgehead atoms. The average Bonchev–Trinajstić information content (AvgIpc) is 2.85. The maximum absolute atomic E-state index is 10.8. The first-order chi connectivity index (χ1) is 16.5. The van der Waals surface area contributed by atoms with Crippen LogP contribution in [-0.2, 0) is 13.1 Å². The van der Waals surface area contributed by atoms with E-state index in [1.807, 2.05) is 70.3 Å². The van der Waals surface area contributed by atoms with Gasteiger partial charge in [-0.3, -0.25) is 20.2 Å². The normalized spacial score (nSPS) is 10.9. The van der Waals surface area contributed by atoms with Crippen LogP contribution in [0.5, 0.6) is 0 Å². The Bertz CT molecular complexity index is 1210. The van der Waals surface area contributed by atoms with Crippen molar-refractivity contribution in [2.75, 3.05) is 0 Å². The van der Waals surface area contributed by atoms with Gasteiger partial charge in [-0.2, -0.15) is 0 Å². The third kappa shape index (κ3) is 5.95. The molecule has 4 aromatic rings. The lowest BCUT2D eigenvalue weighted by atomic mass is 10.1. The number of benzene rings is 2. The Balaban J connectivity index is 1.34. The fourth-order valence-corrected chi connectivity index (χ4v) is 3.43. The van der Waals surface area contributed by atoms with E-state index in [0.29, 0.717) is 13.1 Å². The summed E-state index contributed by atoms with van der Waals surface area (Å²) < 4.78 is 4.03. The van der Waals surface area contributed by atoms with Crippen LogP contribution in [0.3, 0.4) is 0 Å². The predicted octanol–water partition coefficient (Wildman–Crippen LogP) is 4.35. The van der Waals surface area contributed by atoms with E-state index in [9.17, 15) is 20.2 Å². The quantitative estimate of drug-likeness (QED) is 0.225. The van der Waals surface area contributed by atoms with Crippen molar-refractivity contribution in [2.45, 2.75) is 13.1 Å². The Kier molecular flexibility index (Phi) is 6.78. The predicted molar refractivity (Wildman–Crippen MR) is 127 cm³/mol. The fraction of sp³-hybridized carbons (Fsp3) is 0.0769. The number of pyridine rings is 2. The summed E-state index contributed by atoms with van der Waals surface area (Å²) in [4.78, 5) is 20.7. The largest absolute Gasteiger partial charge is 0.269 e. The number of hydrogen-bond acceptors (Lipinski definition) is 4. The Hall–Kier alpha value is -4.72. The van der Waals surface area contributed by atoms with E-state index in [1.165, 1.54) is 24.3 Å². The van der Waals surface area contributed by atoms with Gasteiger partial charge in [0.2, 0.25) is 0 Å². The molecule has 2 heterocycles. The van der Waals surface area contributed by atoms with Crippen molar-refractivity contribution < 1.29 is 19.0 Å². The monoisotopic (exact) mass is 454 g/mol. The molecule has 0 N–H and O–H groups in total. The minimum absolute atomic E-state index is 0.0898. The average molecular weight is 454 g/mol. The number of rotatable bonds is 8. The number of hydrogen-bond donors (Lipinski definition) is 0. The molecule has 168 valence electrons. The molecule has 2 aromatic heterocycles. The maximum Gasteiger partial charge on any atom is 0.269 e. The summed E-state index contributed by atoms with van der Waals surface area (Å²) in [6.45, 7) is 1.27. The number of aromatic nitrogens is 2. The van der Waals surface area contributed by atoms with Crippen molar-refractivity contribution in [3.63, 3.8) is 0 Å². The van der Waals surface area contributed by atoms with Crippen LogP contribution in [0, 0.1) is 20.2 Å². The molecule has 0 saturated heterocycles. The van der Waals surface area contributed by atoms with Crippen LogP contribution >= 0.6 is 0 Å². The van der Waals surface area contributed by atoms with Gasteiger partial charge in [-0.05, 0) is 35.4 Å². The molecule has 8 nitrogen and oxygen atoms in total. The van der Waals surface area contributed by atoms with E-state index in [2.05, 4.69) is 0 Å². The zero-order valence-electron chi connectivity index (χ0n) is 18.2. The molecule has 8 heteroatoms. The topological polar surface area (TPSA) is 94.0 Å². The zero-order chi connectivity index (χ0) is 23.9. The Morgan fingerprint density at radius 1 is 0.559 bits per heavy atom. The molecule has 0 amide bonds. The van der Waals surface area contributed by atoms with E-state index in [0.717, 1.165) is 22.3 Å². The third-order valence-electron chi connectivity index (χ3n) is 5.33. The second-order valence-corrected chi connectivity index (χ2v) is 7.79. The lowest BCUT2D eigenvalue weighted by molar-refractivity contribution is -0.688. The third-order valence-corrected chi connectivity index (χ3v) is 5.33. The van der Waals surface area contributed by atoms with Crippen molar-refractivity contribution in [2.24, 2.45) is 0 Å². The number of nitro groups is 2. The molecule has 0 unspecified atom stereocenters. The first-order valence-electron chi connectivity index (χ1n) is 10.6. The summed E-state index contributed by atoms with van der Waals surface area (Å²) in [5.74, 6) is 0. The van der Waals surface area contributed by atoms with Gasteiger partial charge in [0.1, 0.15) is 0 Å². The van der Waals surface area contributed by atoms with Crippen molar-refractivity contribution >= 4 is 23.5 Å². The van der Waals surface area contributed by atoms with Gasteiger partial charge in [0, 0.05) is 59.7 Å². The van der Waals surface area contributed by atoms with Crippen LogP contribution < -0.4 is 9.13 Å². The molecule has 0 aliphatic carbocycles. The van der Waals surface area contributed by atoms with Gasteiger partial charge in [0.25, 0.3) is 11.4 Å². The molecular weight excluding hydrogens is 432 g/mol. The van der Waals surface area contributed by atoms with Crippen LogP contribution in [0.4, 0.5) is 11.4 Å². The minimum atomic E-state index is -0.400. The van der Waals surface area contributed by atoms with Crippen LogP contribution in [0.15, 0.2) is 97.6 Å². The number of nitrogens with zero attached hydrogens (tertiary/aromatic N) is 4. The first-order valence-corrected chi connectivity index (χ1v) is 10.6. The maximum atomic E-state index is 10.8. The van der Waals surface area contributed by atoms with Gasteiger partial charge < -0.3 is 0 Å². The second-order valence-electron chi connectivity index (χ2n) is 7.79. The van der Waals surface area contributed by atoms with Gasteiger partial charge in [-0.1, -0.05) is 12.2 Å². The molecule has 0 saturated carbocycles. The zero-order valence-corrected chi connectivity index (χ0v) is 18.2. The summed E-state index contributed by atoms with van der Waals surface area (Å²) in [7, 11) is 0. The smallest absolute Gasteiger partial charge is 0.258 e. The van der Waals surface area contributed by atoms with Crippen molar-refractivity contribution in [1.82, 2.24) is 0 Å². The van der Waals surface area contributed by atoms with Gasteiger partial charge >= 0.3 is 0 Å². The highest BCUT2D eigenvalue weighted by Gasteiger charge is 2.08. The number of nitro benzene ring substituents is 2. The molecular formula is C26H22N4O4+2. The minimum Gasteiger partial charge on any atom is -0.258 e. The van der Waals surface area contributed by atoms with Crippen molar-refractivity contribution in [3.05, 3.63) is 140 Å². The van der Waals surface area contributed by atoms with Gasteiger partial charge in [0.05, 0.1) is 9.85 Å². The molecule has 0 spiro atoms. The molecule has 34 heavy (non-hydrogen) atoms. The highest BCUT2D eigenvalue weighted by Crippen LogP contribution is 2.13. The highest BCUT2D eigenvalue weighted by molar-refractivity contribution is 5.68. The molecule has 4 rings (SSSR count). The molecule has 0 radical (unpaired) electrons. The molecule has 0 aliphatic heterocycles. The molecule has 0 fully saturated rings. The Morgan fingerprint density at radius 2 is 0.882 bits per heavy atom. The van der Waals surface area contributed by atoms with Crippen LogP contribution in [0.2, 0.25) is 0 Å². The van der Waals surface area contributed by atoms with Crippen molar-refractivity contribution in [3.8, 4) is 0 Å². The van der Waals surface area contributed by atoms with E-state index in [1.54, 1.807) is 24.3 Å². The fourth-order valence-electron chi connectivity index (χ4n) is 3.43. The van der Waals surface area contributed by atoms with Crippen LogP contribution in [0.25, 0.3) is 12.2 Å².